The predicted molar refractivity (Wildman–Crippen MR) is 89.2 cm³/mol. The average molecular weight is 296 g/mol. The van der Waals surface area contributed by atoms with Gasteiger partial charge in [0.2, 0.25) is 0 Å². The van der Waals surface area contributed by atoms with E-state index in [1.807, 2.05) is 0 Å². The third-order valence-corrected chi connectivity index (χ3v) is 5.48. The minimum atomic E-state index is -0.0560. The van der Waals surface area contributed by atoms with Crippen molar-refractivity contribution in [1.29, 1.82) is 0 Å². The van der Waals surface area contributed by atoms with Crippen LogP contribution in [0, 0.1) is 17.8 Å². The Hall–Kier alpha value is -0.530. The van der Waals surface area contributed by atoms with Gasteiger partial charge in [0.15, 0.2) is 0 Å². The van der Waals surface area contributed by atoms with Crippen molar-refractivity contribution in [2.24, 2.45) is 17.8 Å². The van der Waals surface area contributed by atoms with E-state index in [4.69, 9.17) is 4.74 Å². The van der Waals surface area contributed by atoms with Crippen molar-refractivity contribution in [3.8, 4) is 0 Å². The first-order chi connectivity index (χ1) is 10.2. The molecule has 1 aliphatic rings. The zero-order chi connectivity index (χ0) is 15.5. The van der Waals surface area contributed by atoms with Crippen molar-refractivity contribution in [1.82, 2.24) is 0 Å². The van der Waals surface area contributed by atoms with E-state index in [1.165, 1.54) is 71.3 Å². The minimum Gasteiger partial charge on any atom is -0.469 e. The van der Waals surface area contributed by atoms with Gasteiger partial charge in [-0.05, 0) is 37.0 Å². The summed E-state index contributed by atoms with van der Waals surface area (Å²) in [5, 5.41) is 0. The van der Waals surface area contributed by atoms with Crippen LogP contribution < -0.4 is 0 Å². The molecule has 1 saturated carbocycles. The predicted octanol–water partition coefficient (Wildman–Crippen LogP) is 5.74. The summed E-state index contributed by atoms with van der Waals surface area (Å²) >= 11 is 0. The molecule has 2 nitrogen and oxygen atoms in total. The van der Waals surface area contributed by atoms with E-state index < -0.39 is 0 Å². The lowest BCUT2D eigenvalue weighted by Crippen LogP contribution is -2.21. The first-order valence-corrected chi connectivity index (χ1v) is 9.28. The third kappa shape index (κ3) is 7.33. The molecule has 1 aliphatic carbocycles. The van der Waals surface area contributed by atoms with Gasteiger partial charge in [-0.1, -0.05) is 65.2 Å². The third-order valence-electron chi connectivity index (χ3n) is 5.48. The van der Waals surface area contributed by atoms with Crippen LogP contribution in [-0.4, -0.2) is 13.1 Å². The van der Waals surface area contributed by atoms with E-state index in [-0.39, 0.29) is 5.97 Å². The summed E-state index contributed by atoms with van der Waals surface area (Å²) in [5.74, 6) is 2.79. The maximum atomic E-state index is 11.1. The monoisotopic (exact) mass is 296 g/mol. The highest BCUT2D eigenvalue weighted by Crippen LogP contribution is 2.38. The summed E-state index contributed by atoms with van der Waals surface area (Å²) < 4.78 is 4.70. The number of carbonyl (C=O) groups is 1. The summed E-state index contributed by atoms with van der Waals surface area (Å²) in [4.78, 5) is 11.1. The van der Waals surface area contributed by atoms with Crippen LogP contribution in [0.15, 0.2) is 0 Å². The fourth-order valence-corrected chi connectivity index (χ4v) is 3.99. The molecule has 0 saturated heterocycles. The van der Waals surface area contributed by atoms with Gasteiger partial charge in [0.1, 0.15) is 0 Å². The molecular weight excluding hydrogens is 260 g/mol. The van der Waals surface area contributed by atoms with Gasteiger partial charge in [-0.15, -0.1) is 0 Å². The molecule has 0 aliphatic heterocycles. The lowest BCUT2D eigenvalue weighted by molar-refractivity contribution is -0.140. The summed E-state index contributed by atoms with van der Waals surface area (Å²) in [6.07, 6.45) is 15.4. The molecule has 2 heteroatoms. The second-order valence-corrected chi connectivity index (χ2v) is 6.91. The molecule has 1 fully saturated rings. The van der Waals surface area contributed by atoms with Crippen LogP contribution in [0.1, 0.15) is 90.9 Å². The maximum Gasteiger partial charge on any atom is 0.305 e. The lowest BCUT2D eigenvalue weighted by atomic mass is 9.72. The van der Waals surface area contributed by atoms with Crippen molar-refractivity contribution in [2.45, 2.75) is 90.9 Å². The Morgan fingerprint density at radius 2 is 1.81 bits per heavy atom. The van der Waals surface area contributed by atoms with Gasteiger partial charge in [0.05, 0.1) is 7.11 Å². The lowest BCUT2D eigenvalue weighted by Gasteiger charge is -2.33. The topological polar surface area (TPSA) is 26.3 Å². The Labute approximate surface area is 132 Å². The van der Waals surface area contributed by atoms with E-state index in [9.17, 15) is 4.79 Å². The summed E-state index contributed by atoms with van der Waals surface area (Å²) in [5.41, 5.74) is 0. The van der Waals surface area contributed by atoms with Gasteiger partial charge in [-0.25, -0.2) is 0 Å². The standard InChI is InChI=1S/C19H36O2/c1-4-6-9-16-12-14-18(15-13-16)17(5-2)10-7-8-11-19(20)21-3/h16-18H,4-15H2,1-3H3. The molecule has 0 bridgehead atoms. The molecule has 1 unspecified atom stereocenters. The molecule has 0 spiro atoms. The molecular formula is C19H36O2. The highest BCUT2D eigenvalue weighted by Gasteiger charge is 2.26. The molecule has 0 heterocycles. The Kier molecular flexibility index (Phi) is 9.78. The van der Waals surface area contributed by atoms with Crippen LogP contribution in [-0.2, 0) is 9.53 Å². The Morgan fingerprint density at radius 1 is 1.10 bits per heavy atom. The summed E-state index contributed by atoms with van der Waals surface area (Å²) in [7, 11) is 1.48. The number of hydrogen-bond acceptors (Lipinski definition) is 2. The molecule has 0 radical (unpaired) electrons. The number of unbranched alkanes of at least 4 members (excludes halogenated alkanes) is 2. The van der Waals surface area contributed by atoms with Crippen molar-refractivity contribution < 1.29 is 9.53 Å². The average Bonchev–Trinajstić information content (AvgIpc) is 2.53. The van der Waals surface area contributed by atoms with Crippen molar-refractivity contribution in [2.75, 3.05) is 7.11 Å². The van der Waals surface area contributed by atoms with Gasteiger partial charge < -0.3 is 4.74 Å². The molecule has 0 aromatic carbocycles. The van der Waals surface area contributed by atoms with Gasteiger partial charge >= 0.3 is 5.97 Å². The minimum absolute atomic E-state index is 0.0560. The van der Waals surface area contributed by atoms with Crippen LogP contribution in [0.3, 0.4) is 0 Å². The Balaban J connectivity index is 2.19. The van der Waals surface area contributed by atoms with Gasteiger partial charge in [0.25, 0.3) is 0 Å². The Morgan fingerprint density at radius 3 is 2.38 bits per heavy atom. The molecule has 0 aromatic heterocycles. The van der Waals surface area contributed by atoms with Gasteiger partial charge in [0, 0.05) is 6.42 Å². The first-order valence-electron chi connectivity index (χ1n) is 9.28. The smallest absolute Gasteiger partial charge is 0.305 e. The van der Waals surface area contributed by atoms with Crippen LogP contribution in [0.2, 0.25) is 0 Å². The van der Waals surface area contributed by atoms with Crippen molar-refractivity contribution >= 4 is 5.97 Å². The second-order valence-electron chi connectivity index (χ2n) is 6.91. The fraction of sp³-hybridized carbons (Fsp3) is 0.947. The van der Waals surface area contributed by atoms with Crippen LogP contribution in [0.4, 0.5) is 0 Å². The Bertz CT molecular complexity index is 267. The zero-order valence-electron chi connectivity index (χ0n) is 14.5. The number of carbonyl (C=O) groups excluding carboxylic acids is 1. The molecule has 21 heavy (non-hydrogen) atoms. The number of hydrogen-bond donors (Lipinski definition) is 0. The van der Waals surface area contributed by atoms with E-state index in [0.29, 0.717) is 6.42 Å². The normalized spacial score (nSPS) is 23.8. The van der Waals surface area contributed by atoms with Gasteiger partial charge in [-0.3, -0.25) is 4.79 Å². The van der Waals surface area contributed by atoms with Crippen molar-refractivity contribution in [3.63, 3.8) is 0 Å². The second kappa shape index (κ2) is 11.1. The molecule has 0 N–H and O–H groups in total. The molecule has 1 atom stereocenters. The van der Waals surface area contributed by atoms with Crippen LogP contribution in [0.5, 0.6) is 0 Å². The molecule has 124 valence electrons. The van der Waals surface area contributed by atoms with E-state index in [2.05, 4.69) is 13.8 Å². The molecule has 0 aromatic rings. The maximum absolute atomic E-state index is 11.1. The summed E-state index contributed by atoms with van der Waals surface area (Å²) in [6.45, 7) is 4.64. The van der Waals surface area contributed by atoms with Gasteiger partial charge in [-0.2, -0.15) is 0 Å². The quantitative estimate of drug-likeness (QED) is 0.379. The van der Waals surface area contributed by atoms with Crippen molar-refractivity contribution in [3.05, 3.63) is 0 Å². The molecule has 1 rings (SSSR count). The summed E-state index contributed by atoms with van der Waals surface area (Å²) in [6, 6.07) is 0. The molecule has 0 amide bonds. The van der Waals surface area contributed by atoms with E-state index >= 15 is 0 Å². The number of ether oxygens (including phenoxy) is 1. The fourth-order valence-electron chi connectivity index (χ4n) is 3.99. The number of esters is 1. The highest BCUT2D eigenvalue weighted by molar-refractivity contribution is 5.68. The van der Waals surface area contributed by atoms with E-state index in [0.717, 1.165) is 24.2 Å². The number of methoxy groups -OCH3 is 1. The van der Waals surface area contributed by atoms with Crippen LogP contribution >= 0.6 is 0 Å². The van der Waals surface area contributed by atoms with Crippen LogP contribution in [0.25, 0.3) is 0 Å². The highest BCUT2D eigenvalue weighted by atomic mass is 16.5. The largest absolute Gasteiger partial charge is 0.469 e. The SMILES string of the molecule is CCCCC1CCC(C(CC)CCCCC(=O)OC)CC1. The first kappa shape index (κ1) is 18.5. The van der Waals surface area contributed by atoms with E-state index in [1.54, 1.807) is 0 Å². The number of rotatable bonds is 10. The zero-order valence-corrected chi connectivity index (χ0v) is 14.5.